The minimum Gasteiger partial charge on any atom is -0.363 e. The number of aromatic nitrogens is 3. The molecule has 1 saturated carbocycles. The summed E-state index contributed by atoms with van der Waals surface area (Å²) in [6.45, 7) is 7.41. The maximum absolute atomic E-state index is 14.1. The molecule has 3 heterocycles. The smallest absolute Gasteiger partial charge is 0.363 e. The average molecular weight is 546 g/mol. The number of fused-ring (bicyclic) bond motifs is 1. The second-order valence-corrected chi connectivity index (χ2v) is 13.5. The van der Waals surface area contributed by atoms with Crippen LogP contribution in [0.15, 0.2) is 24.3 Å². The third-order valence-electron chi connectivity index (χ3n) is 7.60. The molecular weight excluding hydrogens is 514 g/mol. The summed E-state index contributed by atoms with van der Waals surface area (Å²) < 4.78 is 54.7. The van der Waals surface area contributed by atoms with Gasteiger partial charge in [0, 0.05) is 43.6 Å². The zero-order valence-electron chi connectivity index (χ0n) is 21.9. The maximum atomic E-state index is 14.1. The Kier molecular flexibility index (Phi) is 6.74. The summed E-state index contributed by atoms with van der Waals surface area (Å²) in [5.74, 6) is 1.20. The van der Waals surface area contributed by atoms with Gasteiger partial charge in [-0.25, -0.2) is 15.0 Å². The van der Waals surface area contributed by atoms with E-state index in [9.17, 15) is 22.5 Å². The van der Waals surface area contributed by atoms with Gasteiger partial charge >= 0.3 is 6.18 Å². The van der Waals surface area contributed by atoms with Gasteiger partial charge in [0.05, 0.1) is 22.8 Å². The normalized spacial score (nSPS) is 18.4. The van der Waals surface area contributed by atoms with Gasteiger partial charge in [0.15, 0.2) is 0 Å². The number of carbonyl (C=O) groups is 1. The highest BCUT2D eigenvalue weighted by atomic mass is 31.2. The molecule has 1 atom stereocenters. The Bertz CT molecular complexity index is 1460. The molecule has 1 amide bonds. The number of carbonyl (C=O) groups excluding carboxylic acids is 1. The van der Waals surface area contributed by atoms with Crippen LogP contribution in [0, 0.1) is 13.8 Å². The molecular formula is C27H31F3N5O2P. The van der Waals surface area contributed by atoms with Crippen LogP contribution in [0.25, 0.3) is 10.9 Å². The van der Waals surface area contributed by atoms with Crippen LogP contribution in [0.3, 0.4) is 0 Å². The molecule has 2 aliphatic rings. The molecule has 0 spiro atoms. The Morgan fingerprint density at radius 3 is 2.42 bits per heavy atom. The highest BCUT2D eigenvalue weighted by molar-refractivity contribution is 7.71. The number of anilines is 1. The van der Waals surface area contributed by atoms with E-state index in [0.717, 1.165) is 24.6 Å². The van der Waals surface area contributed by atoms with Gasteiger partial charge in [-0.05, 0) is 56.9 Å². The van der Waals surface area contributed by atoms with Crippen molar-refractivity contribution in [2.45, 2.75) is 58.7 Å². The van der Waals surface area contributed by atoms with Crippen LogP contribution >= 0.6 is 7.14 Å². The molecule has 202 valence electrons. The van der Waals surface area contributed by atoms with E-state index in [2.05, 4.69) is 15.3 Å². The molecule has 1 saturated heterocycles. The van der Waals surface area contributed by atoms with Crippen molar-refractivity contribution < 1.29 is 22.5 Å². The van der Waals surface area contributed by atoms with Gasteiger partial charge in [-0.3, -0.25) is 4.79 Å². The Morgan fingerprint density at radius 1 is 1.13 bits per heavy atom. The van der Waals surface area contributed by atoms with Crippen LogP contribution in [0.2, 0.25) is 0 Å². The highest BCUT2D eigenvalue weighted by Gasteiger charge is 2.37. The second-order valence-electron chi connectivity index (χ2n) is 10.4. The van der Waals surface area contributed by atoms with Crippen LogP contribution in [0.4, 0.5) is 19.0 Å². The van der Waals surface area contributed by atoms with Crippen molar-refractivity contribution in [1.82, 2.24) is 19.9 Å². The van der Waals surface area contributed by atoms with Crippen LogP contribution in [0.1, 0.15) is 66.9 Å². The van der Waals surface area contributed by atoms with E-state index in [-0.39, 0.29) is 17.4 Å². The number of benzene rings is 1. The van der Waals surface area contributed by atoms with E-state index < -0.39 is 24.9 Å². The second kappa shape index (κ2) is 9.63. The fourth-order valence-corrected chi connectivity index (χ4v) is 7.72. The predicted octanol–water partition coefficient (Wildman–Crippen LogP) is 5.56. The van der Waals surface area contributed by atoms with Crippen molar-refractivity contribution in [1.29, 1.82) is 0 Å². The van der Waals surface area contributed by atoms with Crippen LogP contribution in [-0.4, -0.2) is 51.2 Å². The van der Waals surface area contributed by atoms with Gasteiger partial charge in [0.2, 0.25) is 5.91 Å². The first kappa shape index (κ1) is 26.6. The Morgan fingerprint density at radius 2 is 1.82 bits per heavy atom. The van der Waals surface area contributed by atoms with Gasteiger partial charge in [0.1, 0.15) is 24.2 Å². The van der Waals surface area contributed by atoms with Gasteiger partial charge in [-0.1, -0.05) is 12.1 Å². The van der Waals surface area contributed by atoms with Gasteiger partial charge in [-0.2, -0.15) is 13.2 Å². The van der Waals surface area contributed by atoms with Gasteiger partial charge in [-0.15, -0.1) is 0 Å². The first-order chi connectivity index (χ1) is 17.9. The maximum Gasteiger partial charge on any atom is 0.416 e. The molecule has 0 unspecified atom stereocenters. The van der Waals surface area contributed by atoms with Crippen molar-refractivity contribution in [3.05, 3.63) is 52.5 Å². The molecule has 2 aromatic heterocycles. The molecule has 0 radical (unpaired) electrons. The molecule has 5 rings (SSSR count). The van der Waals surface area contributed by atoms with Gasteiger partial charge in [0.25, 0.3) is 0 Å². The lowest BCUT2D eigenvalue weighted by molar-refractivity contribution is -0.138. The molecule has 38 heavy (non-hydrogen) atoms. The fourth-order valence-electron chi connectivity index (χ4n) is 5.26. The predicted molar refractivity (Wildman–Crippen MR) is 141 cm³/mol. The van der Waals surface area contributed by atoms with Crippen molar-refractivity contribution in [2.24, 2.45) is 0 Å². The molecule has 1 aromatic carbocycles. The minimum absolute atomic E-state index is 0.0318. The van der Waals surface area contributed by atoms with E-state index in [0.29, 0.717) is 59.0 Å². The number of amides is 1. The van der Waals surface area contributed by atoms with Crippen LogP contribution in [0.5, 0.6) is 0 Å². The quantitative estimate of drug-likeness (QED) is 0.423. The van der Waals surface area contributed by atoms with Crippen molar-refractivity contribution in [3.63, 3.8) is 0 Å². The summed E-state index contributed by atoms with van der Waals surface area (Å²) in [6, 6.07) is 5.50. The Labute approximate surface area is 219 Å². The average Bonchev–Trinajstić information content (AvgIpc) is 3.68. The number of aryl methyl sites for hydroxylation is 1. The first-order valence-electron chi connectivity index (χ1n) is 12.8. The monoisotopic (exact) mass is 545 g/mol. The fraction of sp³-hybridized carbons (Fsp3) is 0.481. The number of hydrogen-bond acceptors (Lipinski definition) is 6. The lowest BCUT2D eigenvalue weighted by Crippen LogP contribution is -2.40. The highest BCUT2D eigenvalue weighted by Crippen LogP contribution is 2.49. The summed E-state index contributed by atoms with van der Waals surface area (Å²) >= 11 is 0. The SMILES string of the molecule is CC(=O)N1CCP(=O)(c2cc3c(N[C@H](C)c4cccc(C(F)(F)F)c4C)nc(C)nc3c(C3CC3)n2)CC1. The number of halogens is 3. The van der Waals surface area contributed by atoms with Crippen LogP contribution in [-0.2, 0) is 15.5 Å². The number of alkyl halides is 3. The third-order valence-corrected chi connectivity index (χ3v) is 10.5. The van der Waals surface area contributed by atoms with E-state index in [1.807, 2.05) is 0 Å². The summed E-state index contributed by atoms with van der Waals surface area (Å²) in [5, 5.41) is 3.99. The van der Waals surface area contributed by atoms with Crippen LogP contribution < -0.4 is 10.8 Å². The topological polar surface area (TPSA) is 88.1 Å². The summed E-state index contributed by atoms with van der Waals surface area (Å²) in [6.07, 6.45) is -1.77. The largest absolute Gasteiger partial charge is 0.416 e. The van der Waals surface area contributed by atoms with Gasteiger partial charge < -0.3 is 14.8 Å². The molecule has 3 aromatic rings. The van der Waals surface area contributed by atoms with Crippen molar-refractivity contribution in [3.8, 4) is 0 Å². The summed E-state index contributed by atoms with van der Waals surface area (Å²) in [4.78, 5) is 27.7. The number of nitrogens with zero attached hydrogens (tertiary/aromatic N) is 4. The molecule has 0 bridgehead atoms. The van der Waals surface area contributed by atoms with Crippen molar-refractivity contribution >= 4 is 35.2 Å². The molecule has 2 fully saturated rings. The number of hydrogen-bond donors (Lipinski definition) is 1. The zero-order valence-corrected chi connectivity index (χ0v) is 22.8. The lowest BCUT2D eigenvalue weighted by atomic mass is 9.97. The van der Waals surface area contributed by atoms with E-state index >= 15 is 0 Å². The molecule has 11 heteroatoms. The summed E-state index contributed by atoms with van der Waals surface area (Å²) in [5.41, 5.74) is 2.04. The Balaban J connectivity index is 1.57. The van der Waals surface area contributed by atoms with E-state index in [1.54, 1.807) is 30.9 Å². The lowest BCUT2D eigenvalue weighted by Gasteiger charge is -2.31. The molecule has 1 aliphatic heterocycles. The molecule has 1 aliphatic carbocycles. The van der Waals surface area contributed by atoms with Crippen molar-refractivity contribution in [2.75, 3.05) is 30.7 Å². The minimum atomic E-state index is -4.44. The standard InChI is InChI=1S/C27H31F3N5O2P/c1-15-20(6-5-7-22(15)27(28,29)30)16(2)31-26-21-14-23(38(37)12-10-35(11-13-38)18(4)36)34-24(19-8-9-19)25(21)32-17(3)33-26/h5-7,14,16,19H,8-13H2,1-4H3,(H,31,32,33)/t16-/m1/s1. The Hall–Kier alpha value is -3.00. The third kappa shape index (κ3) is 5.03. The molecule has 7 nitrogen and oxygen atoms in total. The summed E-state index contributed by atoms with van der Waals surface area (Å²) in [7, 11) is -2.86. The number of nitrogens with one attached hydrogen (secondary N) is 1. The zero-order chi connectivity index (χ0) is 27.4. The number of pyridine rings is 1. The first-order valence-corrected chi connectivity index (χ1v) is 14.9. The van der Waals surface area contributed by atoms with E-state index in [4.69, 9.17) is 4.98 Å². The molecule has 1 N–H and O–H groups in total. The number of rotatable bonds is 5. The van der Waals surface area contributed by atoms with E-state index in [1.165, 1.54) is 19.9 Å².